The molecular weight excluding hydrogens is 323 g/mol. The quantitative estimate of drug-likeness (QED) is 0.621. The van der Waals surface area contributed by atoms with Crippen LogP contribution in [0.3, 0.4) is 0 Å². The third-order valence-electron chi connectivity index (χ3n) is 2.64. The minimum Gasteiger partial charge on any atom is -0.381 e. The van der Waals surface area contributed by atoms with E-state index in [2.05, 4.69) is 5.32 Å². The van der Waals surface area contributed by atoms with Gasteiger partial charge >= 0.3 is 0 Å². The summed E-state index contributed by atoms with van der Waals surface area (Å²) in [6.07, 6.45) is 0. The van der Waals surface area contributed by atoms with Crippen LogP contribution < -0.4 is 5.32 Å². The van der Waals surface area contributed by atoms with Crippen molar-refractivity contribution in [1.29, 1.82) is 0 Å². The maximum absolute atomic E-state index is 10.7. The molecule has 0 aromatic heterocycles. The molecule has 0 aliphatic carbocycles. The van der Waals surface area contributed by atoms with Crippen LogP contribution >= 0.6 is 34.8 Å². The zero-order valence-electron chi connectivity index (χ0n) is 10.1. The first-order valence-corrected chi connectivity index (χ1v) is 6.72. The second-order valence-electron chi connectivity index (χ2n) is 4.01. The van der Waals surface area contributed by atoms with E-state index in [-0.39, 0.29) is 10.7 Å². The van der Waals surface area contributed by atoms with Crippen molar-refractivity contribution in [3.8, 4) is 0 Å². The number of nitro groups is 1. The van der Waals surface area contributed by atoms with E-state index in [1.54, 1.807) is 24.3 Å². The Morgan fingerprint density at radius 1 is 1.05 bits per heavy atom. The molecule has 1 N–H and O–H groups in total. The fourth-order valence-corrected chi connectivity index (χ4v) is 2.27. The van der Waals surface area contributed by atoms with Gasteiger partial charge in [0.15, 0.2) is 0 Å². The van der Waals surface area contributed by atoms with Crippen molar-refractivity contribution < 1.29 is 4.92 Å². The first-order chi connectivity index (χ1) is 9.47. The number of hydrogen-bond acceptors (Lipinski definition) is 3. The predicted octanol–water partition coefficient (Wildman–Crippen LogP) is 5.17. The van der Waals surface area contributed by atoms with Gasteiger partial charge in [-0.25, -0.2) is 0 Å². The van der Waals surface area contributed by atoms with Gasteiger partial charge in [-0.1, -0.05) is 34.8 Å². The second-order valence-corrected chi connectivity index (χ2v) is 5.26. The van der Waals surface area contributed by atoms with E-state index in [0.717, 1.165) is 5.56 Å². The van der Waals surface area contributed by atoms with Crippen LogP contribution in [-0.4, -0.2) is 4.92 Å². The largest absolute Gasteiger partial charge is 0.381 e. The molecule has 0 bridgehead atoms. The van der Waals surface area contributed by atoms with Gasteiger partial charge in [-0.3, -0.25) is 10.1 Å². The van der Waals surface area contributed by atoms with Crippen molar-refractivity contribution >= 4 is 46.2 Å². The monoisotopic (exact) mass is 330 g/mol. The summed E-state index contributed by atoms with van der Waals surface area (Å²) in [5.74, 6) is 0. The van der Waals surface area contributed by atoms with E-state index in [9.17, 15) is 10.1 Å². The molecule has 0 unspecified atom stereocenters. The van der Waals surface area contributed by atoms with Crippen LogP contribution in [0, 0.1) is 10.1 Å². The van der Waals surface area contributed by atoms with Crippen LogP contribution in [0.2, 0.25) is 15.1 Å². The lowest BCUT2D eigenvalue weighted by Crippen LogP contribution is -2.00. The normalized spacial score (nSPS) is 10.3. The van der Waals surface area contributed by atoms with Crippen LogP contribution in [0.25, 0.3) is 0 Å². The fraction of sp³-hybridized carbons (Fsp3) is 0.0769. The third kappa shape index (κ3) is 3.54. The van der Waals surface area contributed by atoms with Gasteiger partial charge in [0.05, 0.1) is 4.92 Å². The maximum Gasteiger partial charge on any atom is 0.288 e. The van der Waals surface area contributed by atoms with Crippen molar-refractivity contribution in [2.45, 2.75) is 6.54 Å². The van der Waals surface area contributed by atoms with Crippen LogP contribution in [0.15, 0.2) is 36.4 Å². The first kappa shape index (κ1) is 14.9. The summed E-state index contributed by atoms with van der Waals surface area (Å²) in [6, 6.07) is 9.61. The summed E-state index contributed by atoms with van der Waals surface area (Å²) < 4.78 is 0. The Balaban J connectivity index is 2.13. The Morgan fingerprint density at radius 2 is 1.80 bits per heavy atom. The Hall–Kier alpha value is -1.49. The highest BCUT2D eigenvalue weighted by Gasteiger charge is 2.12. The van der Waals surface area contributed by atoms with E-state index in [1.807, 2.05) is 0 Å². The third-order valence-corrected chi connectivity index (χ3v) is 3.54. The Bertz CT molecular complexity index is 662. The lowest BCUT2D eigenvalue weighted by Gasteiger charge is -2.09. The highest BCUT2D eigenvalue weighted by atomic mass is 35.5. The summed E-state index contributed by atoms with van der Waals surface area (Å²) in [7, 11) is 0. The SMILES string of the molecule is O=[N+]([O-])c1ccc(NCc2cc(Cl)ccc2Cl)cc1Cl. The second kappa shape index (κ2) is 6.31. The van der Waals surface area contributed by atoms with Crippen molar-refractivity contribution in [3.63, 3.8) is 0 Å². The van der Waals surface area contributed by atoms with Crippen molar-refractivity contribution in [1.82, 2.24) is 0 Å². The van der Waals surface area contributed by atoms with Crippen molar-refractivity contribution in [3.05, 3.63) is 67.1 Å². The van der Waals surface area contributed by atoms with Gasteiger partial charge in [0, 0.05) is 28.3 Å². The maximum atomic E-state index is 10.7. The van der Waals surface area contributed by atoms with Gasteiger partial charge in [-0.05, 0) is 35.9 Å². The molecule has 0 saturated heterocycles. The van der Waals surface area contributed by atoms with Gasteiger partial charge in [0.25, 0.3) is 5.69 Å². The average molecular weight is 332 g/mol. The molecule has 0 amide bonds. The van der Waals surface area contributed by atoms with Gasteiger partial charge < -0.3 is 5.32 Å². The number of hydrogen-bond donors (Lipinski definition) is 1. The molecule has 0 heterocycles. The summed E-state index contributed by atoms with van der Waals surface area (Å²) in [4.78, 5) is 10.1. The molecule has 0 spiro atoms. The highest BCUT2D eigenvalue weighted by molar-refractivity contribution is 6.33. The van der Waals surface area contributed by atoms with E-state index < -0.39 is 4.92 Å². The van der Waals surface area contributed by atoms with Crippen LogP contribution in [0.1, 0.15) is 5.56 Å². The van der Waals surface area contributed by atoms with Gasteiger partial charge in [0.1, 0.15) is 5.02 Å². The topological polar surface area (TPSA) is 55.2 Å². The smallest absolute Gasteiger partial charge is 0.288 e. The standard InChI is InChI=1S/C13H9Cl3N2O2/c14-9-1-3-11(15)8(5-9)7-17-10-2-4-13(18(19)20)12(16)6-10/h1-6,17H,7H2. The molecule has 0 fully saturated rings. The molecule has 2 aromatic carbocycles. The Morgan fingerprint density at radius 3 is 2.45 bits per heavy atom. The molecule has 0 radical (unpaired) electrons. The van der Waals surface area contributed by atoms with Crippen molar-refractivity contribution in [2.24, 2.45) is 0 Å². The number of nitro benzene ring substituents is 1. The van der Waals surface area contributed by atoms with Gasteiger partial charge in [-0.2, -0.15) is 0 Å². The van der Waals surface area contributed by atoms with Crippen LogP contribution in [-0.2, 0) is 6.54 Å². The lowest BCUT2D eigenvalue weighted by atomic mass is 10.2. The highest BCUT2D eigenvalue weighted by Crippen LogP contribution is 2.28. The summed E-state index contributed by atoms with van der Waals surface area (Å²) in [6.45, 7) is 0.438. The number of benzene rings is 2. The zero-order valence-corrected chi connectivity index (χ0v) is 12.3. The molecule has 104 valence electrons. The number of rotatable bonds is 4. The minimum absolute atomic E-state index is 0.0807. The molecule has 2 aromatic rings. The lowest BCUT2D eigenvalue weighted by molar-refractivity contribution is -0.384. The van der Waals surface area contributed by atoms with Crippen LogP contribution in [0.4, 0.5) is 11.4 Å². The van der Waals surface area contributed by atoms with E-state index in [0.29, 0.717) is 22.3 Å². The minimum atomic E-state index is -0.528. The molecule has 20 heavy (non-hydrogen) atoms. The summed E-state index contributed by atoms with van der Waals surface area (Å²) in [5, 5.41) is 15.0. The number of halogens is 3. The Kier molecular flexibility index (Phi) is 4.70. The van der Waals surface area contributed by atoms with Crippen molar-refractivity contribution in [2.75, 3.05) is 5.32 Å². The van der Waals surface area contributed by atoms with Gasteiger partial charge in [0.2, 0.25) is 0 Å². The first-order valence-electron chi connectivity index (χ1n) is 5.59. The summed E-state index contributed by atoms with van der Waals surface area (Å²) >= 11 is 17.8. The molecule has 4 nitrogen and oxygen atoms in total. The van der Waals surface area contributed by atoms with E-state index in [1.165, 1.54) is 12.1 Å². The van der Waals surface area contributed by atoms with Gasteiger partial charge in [-0.15, -0.1) is 0 Å². The molecule has 7 heteroatoms. The number of nitrogens with zero attached hydrogens (tertiary/aromatic N) is 1. The molecule has 0 saturated carbocycles. The van der Waals surface area contributed by atoms with E-state index >= 15 is 0 Å². The molecular formula is C13H9Cl3N2O2. The number of nitrogens with one attached hydrogen (secondary N) is 1. The van der Waals surface area contributed by atoms with E-state index in [4.69, 9.17) is 34.8 Å². The number of anilines is 1. The molecule has 2 rings (SSSR count). The fourth-order valence-electron chi connectivity index (χ4n) is 1.64. The molecule has 0 atom stereocenters. The average Bonchev–Trinajstić information content (AvgIpc) is 2.39. The molecule has 0 aliphatic rings. The zero-order chi connectivity index (χ0) is 14.7. The summed E-state index contributed by atoms with van der Waals surface area (Å²) in [5.41, 5.74) is 1.36. The van der Waals surface area contributed by atoms with Crippen LogP contribution in [0.5, 0.6) is 0 Å². The predicted molar refractivity (Wildman–Crippen MR) is 81.9 cm³/mol. The molecule has 0 aliphatic heterocycles. The Labute approximate surface area is 130 Å².